The molecule has 0 atom stereocenters. The molecule has 3 rings (SSSR count). The zero-order valence-electron chi connectivity index (χ0n) is 11.5. The quantitative estimate of drug-likeness (QED) is 0.675. The van der Waals surface area contributed by atoms with Gasteiger partial charge in [0, 0.05) is 10.9 Å². The van der Waals surface area contributed by atoms with Gasteiger partial charge in [0.15, 0.2) is 0 Å². The van der Waals surface area contributed by atoms with Crippen LogP contribution in [0.3, 0.4) is 0 Å². The zero-order valence-corrected chi connectivity index (χ0v) is 12.3. The Morgan fingerprint density at radius 3 is 2.64 bits per heavy atom. The van der Waals surface area contributed by atoms with E-state index in [9.17, 15) is 9.65 Å². The van der Waals surface area contributed by atoms with E-state index in [0.29, 0.717) is 16.3 Å². The lowest BCUT2D eigenvalue weighted by Crippen LogP contribution is -2.01. The summed E-state index contributed by atoms with van der Waals surface area (Å²) in [4.78, 5) is 0. The Labute approximate surface area is 132 Å². The zero-order chi connectivity index (χ0) is 15.5. The van der Waals surface area contributed by atoms with Crippen molar-refractivity contribution in [3.8, 4) is 11.8 Å². The van der Waals surface area contributed by atoms with Crippen molar-refractivity contribution in [3.63, 3.8) is 0 Å². The number of halogens is 2. The van der Waals surface area contributed by atoms with Crippen LogP contribution in [-0.2, 0) is 6.61 Å². The van der Waals surface area contributed by atoms with Gasteiger partial charge in [0.1, 0.15) is 29.8 Å². The van der Waals surface area contributed by atoms with E-state index in [1.165, 1.54) is 12.1 Å². The van der Waals surface area contributed by atoms with E-state index in [2.05, 4.69) is 6.07 Å². The van der Waals surface area contributed by atoms with Crippen LogP contribution in [0.25, 0.3) is 10.8 Å². The van der Waals surface area contributed by atoms with Crippen LogP contribution in [0.1, 0.15) is 11.1 Å². The van der Waals surface area contributed by atoms with Crippen molar-refractivity contribution >= 4 is 22.4 Å². The third kappa shape index (κ3) is 2.61. The fourth-order valence-electron chi connectivity index (χ4n) is 2.31. The first-order chi connectivity index (χ1) is 10.7. The van der Waals surface area contributed by atoms with Crippen LogP contribution in [0, 0.1) is 17.1 Å². The minimum Gasteiger partial charge on any atom is -0.487 e. The smallest absolute Gasteiger partial charge is 0.138 e. The molecule has 0 heterocycles. The Balaban J connectivity index is 1.96. The monoisotopic (exact) mass is 311 g/mol. The van der Waals surface area contributed by atoms with E-state index >= 15 is 0 Å². The van der Waals surface area contributed by atoms with Gasteiger partial charge in [-0.25, -0.2) is 4.39 Å². The number of ether oxygens (including phenoxy) is 1. The van der Waals surface area contributed by atoms with Crippen LogP contribution in [0.15, 0.2) is 54.6 Å². The molecule has 0 amide bonds. The average Bonchev–Trinajstić information content (AvgIpc) is 2.54. The summed E-state index contributed by atoms with van der Waals surface area (Å²) in [6.07, 6.45) is 0. The van der Waals surface area contributed by atoms with Crippen LogP contribution < -0.4 is 4.74 Å². The highest BCUT2D eigenvalue weighted by Crippen LogP contribution is 2.29. The molecule has 22 heavy (non-hydrogen) atoms. The molecule has 0 saturated heterocycles. The molecule has 0 aliphatic heterocycles. The molecule has 3 aromatic rings. The second-order valence-electron chi connectivity index (χ2n) is 4.76. The fourth-order valence-corrected chi connectivity index (χ4v) is 2.52. The Morgan fingerprint density at radius 1 is 1.05 bits per heavy atom. The van der Waals surface area contributed by atoms with Gasteiger partial charge in [-0.1, -0.05) is 48.0 Å². The summed E-state index contributed by atoms with van der Waals surface area (Å²) in [6.45, 7) is -0.0292. The number of rotatable bonds is 3. The molecule has 3 aromatic carbocycles. The molecule has 0 unspecified atom stereocenters. The van der Waals surface area contributed by atoms with Crippen molar-refractivity contribution in [2.45, 2.75) is 6.61 Å². The predicted octanol–water partition coefficient (Wildman–Crippen LogP) is 5.08. The van der Waals surface area contributed by atoms with Crippen LogP contribution >= 0.6 is 11.6 Å². The summed E-state index contributed by atoms with van der Waals surface area (Å²) < 4.78 is 19.4. The second-order valence-corrected chi connectivity index (χ2v) is 5.17. The largest absolute Gasteiger partial charge is 0.487 e. The second kappa shape index (κ2) is 6.05. The van der Waals surface area contributed by atoms with Crippen molar-refractivity contribution in [1.29, 1.82) is 5.26 Å². The van der Waals surface area contributed by atoms with Crippen LogP contribution in [-0.4, -0.2) is 0 Å². The Morgan fingerprint density at radius 2 is 1.86 bits per heavy atom. The van der Waals surface area contributed by atoms with E-state index in [-0.39, 0.29) is 12.2 Å². The molecule has 0 fully saturated rings. The molecule has 0 saturated carbocycles. The highest BCUT2D eigenvalue weighted by molar-refractivity contribution is 6.31. The lowest BCUT2D eigenvalue weighted by atomic mass is 10.0. The molecule has 4 heteroatoms. The Bertz CT molecular complexity index is 866. The first kappa shape index (κ1) is 14.4. The minimum atomic E-state index is -0.424. The molecule has 0 aliphatic carbocycles. The Hall–Kier alpha value is -2.57. The van der Waals surface area contributed by atoms with Gasteiger partial charge in [-0.05, 0) is 23.6 Å². The highest BCUT2D eigenvalue weighted by Gasteiger charge is 2.11. The number of nitriles is 1. The summed E-state index contributed by atoms with van der Waals surface area (Å²) in [7, 11) is 0. The predicted molar refractivity (Wildman–Crippen MR) is 84.4 cm³/mol. The first-order valence-corrected chi connectivity index (χ1v) is 7.06. The lowest BCUT2D eigenvalue weighted by molar-refractivity contribution is 0.299. The van der Waals surface area contributed by atoms with Crippen LogP contribution in [0.4, 0.5) is 4.39 Å². The molecule has 2 nitrogen and oxygen atoms in total. The molecular weight excluding hydrogens is 301 g/mol. The van der Waals surface area contributed by atoms with E-state index in [1.54, 1.807) is 12.1 Å². The number of nitrogens with zero attached hydrogens (tertiary/aromatic N) is 1. The summed E-state index contributed by atoms with van der Waals surface area (Å²) in [6, 6.07) is 17.8. The number of hydrogen-bond donors (Lipinski definition) is 0. The van der Waals surface area contributed by atoms with Crippen molar-refractivity contribution in [1.82, 2.24) is 0 Å². The van der Waals surface area contributed by atoms with E-state index in [1.807, 2.05) is 30.3 Å². The van der Waals surface area contributed by atoms with Gasteiger partial charge in [0.2, 0.25) is 0 Å². The maximum Gasteiger partial charge on any atom is 0.138 e. The minimum absolute atomic E-state index is 0.0292. The summed E-state index contributed by atoms with van der Waals surface area (Å²) >= 11 is 5.98. The van der Waals surface area contributed by atoms with Gasteiger partial charge in [-0.15, -0.1) is 0 Å². The van der Waals surface area contributed by atoms with Gasteiger partial charge >= 0.3 is 0 Å². The molecule has 0 N–H and O–H groups in total. The number of fused-ring (bicyclic) bond motifs is 1. The molecule has 0 aliphatic rings. The summed E-state index contributed by atoms with van der Waals surface area (Å²) in [5.41, 5.74) is 0.715. The molecule has 0 bridgehead atoms. The van der Waals surface area contributed by atoms with Crippen LogP contribution in [0.2, 0.25) is 5.02 Å². The average molecular weight is 312 g/mol. The van der Waals surface area contributed by atoms with Crippen molar-refractivity contribution < 1.29 is 9.13 Å². The SMILES string of the molecule is N#Cc1c(OCc2c(F)cccc2Cl)ccc2ccccc12. The molecule has 0 aromatic heterocycles. The van der Waals surface area contributed by atoms with Crippen LogP contribution in [0.5, 0.6) is 5.75 Å². The van der Waals surface area contributed by atoms with Gasteiger partial charge in [0.05, 0.1) is 5.02 Å². The molecule has 108 valence electrons. The number of benzene rings is 3. The lowest BCUT2D eigenvalue weighted by Gasteiger charge is -2.11. The molecular formula is C18H11ClFNO. The first-order valence-electron chi connectivity index (χ1n) is 6.68. The standard InChI is InChI=1S/C18H11ClFNO/c19-16-6-3-7-17(20)15(16)11-22-18-9-8-12-4-1-2-5-13(12)14(18)10-21/h1-9H,11H2. The summed E-state index contributed by atoms with van der Waals surface area (Å²) in [5, 5.41) is 11.5. The third-order valence-corrected chi connectivity index (χ3v) is 3.79. The van der Waals surface area contributed by atoms with Crippen molar-refractivity contribution in [2.75, 3.05) is 0 Å². The molecule has 0 spiro atoms. The van der Waals surface area contributed by atoms with E-state index in [4.69, 9.17) is 16.3 Å². The third-order valence-electron chi connectivity index (χ3n) is 3.44. The fraction of sp³-hybridized carbons (Fsp3) is 0.0556. The molecule has 0 radical (unpaired) electrons. The number of hydrogen-bond acceptors (Lipinski definition) is 2. The maximum absolute atomic E-state index is 13.8. The van der Waals surface area contributed by atoms with Crippen molar-refractivity contribution in [3.05, 3.63) is 76.6 Å². The van der Waals surface area contributed by atoms with Gasteiger partial charge in [-0.2, -0.15) is 5.26 Å². The van der Waals surface area contributed by atoms with Gasteiger partial charge < -0.3 is 4.74 Å². The Kier molecular flexibility index (Phi) is 3.95. The highest BCUT2D eigenvalue weighted by atomic mass is 35.5. The van der Waals surface area contributed by atoms with Gasteiger partial charge in [-0.3, -0.25) is 0 Å². The van der Waals surface area contributed by atoms with Gasteiger partial charge in [0.25, 0.3) is 0 Å². The van der Waals surface area contributed by atoms with E-state index < -0.39 is 5.82 Å². The van der Waals surface area contributed by atoms with Crippen molar-refractivity contribution in [2.24, 2.45) is 0 Å². The van der Waals surface area contributed by atoms with E-state index in [0.717, 1.165) is 10.8 Å². The summed E-state index contributed by atoms with van der Waals surface area (Å²) in [5.74, 6) is -0.00711. The maximum atomic E-state index is 13.8. The topological polar surface area (TPSA) is 33.0 Å². The normalized spacial score (nSPS) is 10.4.